The minimum atomic E-state index is -4.76. The maximum Gasteiger partial charge on any atom is 0.412 e. The molecule has 9 heteroatoms. The van der Waals surface area contributed by atoms with E-state index >= 15 is 0 Å². The van der Waals surface area contributed by atoms with E-state index in [9.17, 15) is 30.9 Å². The molecular weight excluding hydrogens is 225 g/mol. The van der Waals surface area contributed by atoms with E-state index in [1.807, 2.05) is 0 Å². The Morgan fingerprint density at radius 3 is 1.77 bits per heavy atom. The number of hydrogen-bond donors (Lipinski definition) is 0. The van der Waals surface area contributed by atoms with Gasteiger partial charge in [0.05, 0.1) is 0 Å². The van der Waals surface area contributed by atoms with Crippen LogP contribution in [0.15, 0.2) is 0 Å². The van der Waals surface area contributed by atoms with E-state index in [-0.39, 0.29) is 0 Å². The molecule has 0 fully saturated rings. The van der Waals surface area contributed by atoms with Gasteiger partial charge < -0.3 is 4.52 Å². The van der Waals surface area contributed by atoms with E-state index < -0.39 is 33.1 Å². The summed E-state index contributed by atoms with van der Waals surface area (Å²) in [6.07, 6.45) is -11.3. The van der Waals surface area contributed by atoms with Crippen LogP contribution in [0.2, 0.25) is 0 Å². The van der Waals surface area contributed by atoms with E-state index in [4.69, 9.17) is 0 Å². The van der Waals surface area contributed by atoms with Crippen LogP contribution < -0.4 is 0 Å². The maximum absolute atomic E-state index is 11.4. The molecule has 0 radical (unpaired) electrons. The van der Waals surface area contributed by atoms with Crippen molar-refractivity contribution in [1.82, 2.24) is 0 Å². The first-order chi connectivity index (χ1) is 5.60. The Labute approximate surface area is 69.7 Å². The Balaban J connectivity index is 3.78. The Bertz CT molecular complexity index is 184. The lowest BCUT2D eigenvalue weighted by Gasteiger charge is -2.08. The Morgan fingerprint density at radius 1 is 1.00 bits per heavy atom. The molecule has 0 bridgehead atoms. The molecule has 1 atom stereocenters. The normalized spacial score (nSPS) is 15.8. The summed E-state index contributed by atoms with van der Waals surface area (Å²) in [6, 6.07) is 0. The van der Waals surface area contributed by atoms with Gasteiger partial charge in [-0.2, -0.15) is 26.3 Å². The van der Waals surface area contributed by atoms with Crippen molar-refractivity contribution in [3.8, 4) is 0 Å². The molecular formula is C4H5F6O2P. The molecule has 0 N–H and O–H groups in total. The Hall–Kier alpha value is -0.230. The van der Waals surface area contributed by atoms with Crippen molar-refractivity contribution < 1.29 is 35.4 Å². The highest BCUT2D eigenvalue weighted by atomic mass is 31.1. The fraction of sp³-hybridized carbons (Fsp3) is 1.00. The van der Waals surface area contributed by atoms with E-state index in [1.165, 1.54) is 0 Å². The van der Waals surface area contributed by atoms with Crippen molar-refractivity contribution in [2.75, 3.05) is 12.8 Å². The second-order valence-electron chi connectivity index (χ2n) is 2.07. The molecule has 0 aromatic rings. The molecule has 80 valence electrons. The van der Waals surface area contributed by atoms with Crippen LogP contribution in [0.1, 0.15) is 0 Å². The third-order valence-electron chi connectivity index (χ3n) is 0.742. The van der Waals surface area contributed by atoms with Gasteiger partial charge in [-0.3, -0.25) is 4.57 Å². The van der Waals surface area contributed by atoms with Gasteiger partial charge in [-0.15, -0.1) is 0 Å². The van der Waals surface area contributed by atoms with E-state index in [0.29, 0.717) is 0 Å². The predicted molar refractivity (Wildman–Crippen MR) is 31.9 cm³/mol. The SMILES string of the molecule is O=[PH](CC(F)(F)F)OCC(F)(F)F. The van der Waals surface area contributed by atoms with Crippen molar-refractivity contribution in [3.63, 3.8) is 0 Å². The van der Waals surface area contributed by atoms with Gasteiger partial charge in [0.1, 0.15) is 12.8 Å². The average Bonchev–Trinajstić information content (AvgIpc) is 1.78. The number of rotatable bonds is 3. The molecule has 0 spiro atoms. The number of hydrogen-bond acceptors (Lipinski definition) is 2. The average molecular weight is 230 g/mol. The first-order valence-electron chi connectivity index (χ1n) is 2.89. The van der Waals surface area contributed by atoms with Crippen molar-refractivity contribution in [2.45, 2.75) is 12.4 Å². The third kappa shape index (κ3) is 9.69. The summed E-state index contributed by atoms with van der Waals surface area (Å²) in [5.41, 5.74) is 0. The van der Waals surface area contributed by atoms with Crippen LogP contribution in [0, 0.1) is 0 Å². The summed E-state index contributed by atoms with van der Waals surface area (Å²) < 4.78 is 81.9. The van der Waals surface area contributed by atoms with Crippen LogP contribution >= 0.6 is 8.03 Å². The predicted octanol–water partition coefficient (Wildman–Crippen LogP) is 2.60. The summed E-state index contributed by atoms with van der Waals surface area (Å²) in [5.74, 6) is 0. The standard InChI is InChI=1S/C4H5F6O2P/c5-3(6,7)1-12-13(11)2-4(8,9)10/h13H,1-2H2. The van der Waals surface area contributed by atoms with Gasteiger partial charge in [-0.25, -0.2) is 0 Å². The van der Waals surface area contributed by atoms with Gasteiger partial charge in [-0.1, -0.05) is 0 Å². The van der Waals surface area contributed by atoms with E-state index in [0.717, 1.165) is 0 Å². The van der Waals surface area contributed by atoms with Gasteiger partial charge in [0, 0.05) is 0 Å². The van der Waals surface area contributed by atoms with Crippen LogP contribution in [0.4, 0.5) is 26.3 Å². The molecule has 0 aromatic heterocycles. The summed E-state index contributed by atoms with van der Waals surface area (Å²) in [6.45, 7) is -1.92. The first kappa shape index (κ1) is 12.8. The van der Waals surface area contributed by atoms with Gasteiger partial charge in [-0.05, 0) is 0 Å². The van der Waals surface area contributed by atoms with Crippen LogP contribution in [0.25, 0.3) is 0 Å². The molecule has 0 saturated heterocycles. The number of halogens is 6. The molecule has 1 unspecified atom stereocenters. The van der Waals surface area contributed by atoms with Gasteiger partial charge in [0.2, 0.25) is 8.03 Å². The quantitative estimate of drug-likeness (QED) is 0.550. The lowest BCUT2D eigenvalue weighted by atomic mass is 10.7. The minimum absolute atomic E-state index is 1.83. The second kappa shape index (κ2) is 4.32. The van der Waals surface area contributed by atoms with Crippen molar-refractivity contribution in [3.05, 3.63) is 0 Å². The second-order valence-corrected chi connectivity index (χ2v) is 3.45. The fourth-order valence-corrected chi connectivity index (χ4v) is 1.13. The summed E-state index contributed by atoms with van der Waals surface area (Å²) in [4.78, 5) is 0. The van der Waals surface area contributed by atoms with E-state index in [2.05, 4.69) is 4.52 Å². The summed E-state index contributed by atoms with van der Waals surface area (Å²) >= 11 is 0. The highest BCUT2D eigenvalue weighted by molar-refractivity contribution is 7.39. The molecule has 0 amide bonds. The van der Waals surface area contributed by atoms with Crippen LogP contribution in [-0.4, -0.2) is 25.1 Å². The smallest absolute Gasteiger partial charge is 0.321 e. The zero-order valence-corrected chi connectivity index (χ0v) is 7.00. The summed E-state index contributed by atoms with van der Waals surface area (Å²) in [5, 5.41) is 0. The number of alkyl halides is 6. The Morgan fingerprint density at radius 2 is 1.46 bits per heavy atom. The highest BCUT2D eigenvalue weighted by Gasteiger charge is 2.33. The maximum atomic E-state index is 11.4. The first-order valence-corrected chi connectivity index (χ1v) is 4.42. The van der Waals surface area contributed by atoms with Crippen LogP contribution in [-0.2, 0) is 9.09 Å². The van der Waals surface area contributed by atoms with Gasteiger partial charge in [0.25, 0.3) is 0 Å². The topological polar surface area (TPSA) is 26.3 Å². The lowest BCUT2D eigenvalue weighted by Crippen LogP contribution is -2.17. The zero-order valence-electron chi connectivity index (χ0n) is 6.00. The summed E-state index contributed by atoms with van der Waals surface area (Å²) in [7, 11) is -3.67. The monoisotopic (exact) mass is 230 g/mol. The third-order valence-corrected chi connectivity index (χ3v) is 1.90. The molecule has 0 aliphatic rings. The minimum Gasteiger partial charge on any atom is -0.321 e. The molecule has 0 heterocycles. The largest absolute Gasteiger partial charge is 0.412 e. The lowest BCUT2D eigenvalue weighted by molar-refractivity contribution is -0.154. The van der Waals surface area contributed by atoms with Crippen molar-refractivity contribution in [1.29, 1.82) is 0 Å². The molecule has 0 aromatic carbocycles. The highest BCUT2D eigenvalue weighted by Crippen LogP contribution is 2.33. The van der Waals surface area contributed by atoms with Crippen LogP contribution in [0.3, 0.4) is 0 Å². The Kier molecular flexibility index (Phi) is 4.25. The molecule has 0 rings (SSSR count). The molecule has 0 aliphatic heterocycles. The van der Waals surface area contributed by atoms with Gasteiger partial charge >= 0.3 is 12.4 Å². The van der Waals surface area contributed by atoms with Crippen molar-refractivity contribution in [2.24, 2.45) is 0 Å². The molecule has 13 heavy (non-hydrogen) atoms. The zero-order chi connectivity index (χ0) is 10.7. The van der Waals surface area contributed by atoms with Gasteiger partial charge in [0.15, 0.2) is 0 Å². The molecule has 0 aliphatic carbocycles. The fourth-order valence-electron chi connectivity index (χ4n) is 0.377. The molecule has 0 saturated carbocycles. The van der Waals surface area contributed by atoms with E-state index in [1.54, 1.807) is 0 Å². The van der Waals surface area contributed by atoms with Crippen molar-refractivity contribution >= 4 is 8.03 Å². The van der Waals surface area contributed by atoms with Crippen LogP contribution in [0.5, 0.6) is 0 Å². The molecule has 2 nitrogen and oxygen atoms in total.